The highest BCUT2D eigenvalue weighted by Crippen LogP contribution is 2.35. The minimum Gasteiger partial charge on any atom is -0.255 e. The second-order valence-electron chi connectivity index (χ2n) is 4.81. The van der Waals surface area contributed by atoms with Crippen LogP contribution in [0.3, 0.4) is 0 Å². The molecule has 0 saturated heterocycles. The van der Waals surface area contributed by atoms with E-state index in [0.29, 0.717) is 22.4 Å². The van der Waals surface area contributed by atoms with Crippen LogP contribution in [0, 0.1) is 18.6 Å². The first-order valence-corrected chi connectivity index (χ1v) is 6.64. The van der Waals surface area contributed by atoms with E-state index in [1.54, 1.807) is 48.7 Å². The Labute approximate surface area is 121 Å². The highest BCUT2D eigenvalue weighted by molar-refractivity contribution is 5.83. The Hall–Kier alpha value is -2.55. The lowest BCUT2D eigenvalue weighted by Gasteiger charge is -2.13. The molecule has 0 bridgehead atoms. The lowest BCUT2D eigenvalue weighted by Crippen LogP contribution is -1.96. The average Bonchev–Trinajstić information content (AvgIpc) is 2.49. The van der Waals surface area contributed by atoms with Gasteiger partial charge in [0.25, 0.3) is 0 Å². The van der Waals surface area contributed by atoms with Crippen molar-refractivity contribution in [1.82, 2.24) is 4.98 Å². The maximum Gasteiger partial charge on any atom is 0.132 e. The van der Waals surface area contributed by atoms with Crippen LogP contribution >= 0.6 is 0 Å². The molecule has 104 valence electrons. The van der Waals surface area contributed by atoms with Gasteiger partial charge < -0.3 is 0 Å². The molecule has 0 fully saturated rings. The van der Waals surface area contributed by atoms with Crippen LogP contribution in [0.15, 0.2) is 60.8 Å². The van der Waals surface area contributed by atoms with Crippen LogP contribution in [0.5, 0.6) is 0 Å². The molecule has 0 amide bonds. The zero-order chi connectivity index (χ0) is 14.8. The smallest absolute Gasteiger partial charge is 0.132 e. The maximum absolute atomic E-state index is 14.1. The fourth-order valence-electron chi connectivity index (χ4n) is 2.42. The summed E-state index contributed by atoms with van der Waals surface area (Å²) in [7, 11) is 0. The van der Waals surface area contributed by atoms with Crippen molar-refractivity contribution in [2.75, 3.05) is 0 Å². The standard InChI is InChI=1S/C18H13F2N/c1-12-10-11-21-18(14-7-3-5-9-16(14)20)17(12)13-6-2-4-8-15(13)19/h2-11H,1H3. The molecule has 0 spiro atoms. The van der Waals surface area contributed by atoms with Gasteiger partial charge in [-0.2, -0.15) is 0 Å². The molecule has 21 heavy (non-hydrogen) atoms. The third kappa shape index (κ3) is 2.42. The zero-order valence-corrected chi connectivity index (χ0v) is 11.5. The number of rotatable bonds is 2. The van der Waals surface area contributed by atoms with E-state index < -0.39 is 0 Å². The predicted octanol–water partition coefficient (Wildman–Crippen LogP) is 5.00. The fourth-order valence-corrected chi connectivity index (χ4v) is 2.42. The first-order chi connectivity index (χ1) is 10.2. The molecule has 1 heterocycles. The molecule has 3 heteroatoms. The molecule has 3 rings (SSSR count). The lowest BCUT2D eigenvalue weighted by atomic mass is 9.95. The monoisotopic (exact) mass is 281 g/mol. The van der Waals surface area contributed by atoms with Crippen LogP contribution in [-0.4, -0.2) is 4.98 Å². The number of pyridine rings is 1. The van der Waals surface area contributed by atoms with Crippen molar-refractivity contribution in [1.29, 1.82) is 0 Å². The highest BCUT2D eigenvalue weighted by atomic mass is 19.1. The summed E-state index contributed by atoms with van der Waals surface area (Å²) >= 11 is 0. The van der Waals surface area contributed by atoms with E-state index in [9.17, 15) is 8.78 Å². The Balaban J connectivity index is 2.32. The van der Waals surface area contributed by atoms with E-state index in [2.05, 4.69) is 4.98 Å². The Morgan fingerprint density at radius 2 is 1.33 bits per heavy atom. The Morgan fingerprint density at radius 3 is 1.95 bits per heavy atom. The van der Waals surface area contributed by atoms with Crippen LogP contribution in [0.1, 0.15) is 5.56 Å². The van der Waals surface area contributed by atoms with Crippen molar-refractivity contribution in [2.24, 2.45) is 0 Å². The Bertz CT molecular complexity index is 797. The summed E-state index contributed by atoms with van der Waals surface area (Å²) in [6.45, 7) is 1.87. The van der Waals surface area contributed by atoms with E-state index in [1.165, 1.54) is 12.1 Å². The van der Waals surface area contributed by atoms with Gasteiger partial charge in [0, 0.05) is 22.9 Å². The van der Waals surface area contributed by atoms with Gasteiger partial charge in [0.15, 0.2) is 0 Å². The van der Waals surface area contributed by atoms with Crippen molar-refractivity contribution in [3.05, 3.63) is 78.0 Å². The van der Waals surface area contributed by atoms with Gasteiger partial charge in [-0.05, 0) is 36.8 Å². The fraction of sp³-hybridized carbons (Fsp3) is 0.0556. The molecule has 3 aromatic rings. The minimum atomic E-state index is -0.367. The van der Waals surface area contributed by atoms with E-state index in [1.807, 2.05) is 6.92 Å². The molecule has 0 radical (unpaired) electrons. The van der Waals surface area contributed by atoms with Crippen LogP contribution in [0.4, 0.5) is 8.78 Å². The average molecular weight is 281 g/mol. The first kappa shape index (κ1) is 13.4. The lowest BCUT2D eigenvalue weighted by molar-refractivity contribution is 0.628. The van der Waals surface area contributed by atoms with Crippen LogP contribution in [0.2, 0.25) is 0 Å². The topological polar surface area (TPSA) is 12.9 Å². The summed E-state index contributed by atoms with van der Waals surface area (Å²) in [6.07, 6.45) is 1.61. The number of aryl methyl sites for hydroxylation is 1. The van der Waals surface area contributed by atoms with Gasteiger partial charge in [-0.15, -0.1) is 0 Å². The summed E-state index contributed by atoms with van der Waals surface area (Å²) in [4.78, 5) is 4.28. The van der Waals surface area contributed by atoms with E-state index in [0.717, 1.165) is 5.56 Å². The number of benzene rings is 2. The van der Waals surface area contributed by atoms with Crippen molar-refractivity contribution in [3.63, 3.8) is 0 Å². The summed E-state index contributed by atoms with van der Waals surface area (Å²) in [5, 5.41) is 0. The molecule has 0 N–H and O–H groups in total. The van der Waals surface area contributed by atoms with Crippen LogP contribution in [-0.2, 0) is 0 Å². The first-order valence-electron chi connectivity index (χ1n) is 6.64. The Morgan fingerprint density at radius 1 is 0.762 bits per heavy atom. The summed E-state index contributed by atoms with van der Waals surface area (Å²) in [5.41, 5.74) is 2.74. The number of hydrogen-bond donors (Lipinski definition) is 0. The van der Waals surface area contributed by atoms with Gasteiger partial charge in [-0.25, -0.2) is 8.78 Å². The van der Waals surface area contributed by atoms with Gasteiger partial charge in [0.1, 0.15) is 11.6 Å². The summed E-state index contributed by atoms with van der Waals surface area (Å²) in [5.74, 6) is -0.709. The third-order valence-corrected chi connectivity index (χ3v) is 3.43. The number of aromatic nitrogens is 1. The second-order valence-corrected chi connectivity index (χ2v) is 4.81. The summed E-state index contributed by atoms with van der Waals surface area (Å²) < 4.78 is 28.2. The second kappa shape index (κ2) is 5.44. The van der Waals surface area contributed by atoms with Gasteiger partial charge in [0.05, 0.1) is 5.69 Å². The SMILES string of the molecule is Cc1ccnc(-c2ccccc2F)c1-c1ccccc1F. The molecule has 0 aliphatic heterocycles. The number of halogens is 2. The van der Waals surface area contributed by atoms with E-state index in [4.69, 9.17) is 0 Å². The van der Waals surface area contributed by atoms with E-state index in [-0.39, 0.29) is 11.6 Å². The molecule has 0 unspecified atom stereocenters. The van der Waals surface area contributed by atoms with Gasteiger partial charge in [0.2, 0.25) is 0 Å². The molecule has 2 aromatic carbocycles. The van der Waals surface area contributed by atoms with Crippen molar-refractivity contribution in [3.8, 4) is 22.4 Å². The molecule has 0 aliphatic rings. The van der Waals surface area contributed by atoms with Gasteiger partial charge in [-0.3, -0.25) is 4.98 Å². The van der Waals surface area contributed by atoms with Crippen LogP contribution in [0.25, 0.3) is 22.4 Å². The molecule has 0 aliphatic carbocycles. The molecule has 0 atom stereocenters. The number of hydrogen-bond acceptors (Lipinski definition) is 1. The van der Waals surface area contributed by atoms with Crippen molar-refractivity contribution >= 4 is 0 Å². The maximum atomic E-state index is 14.1. The van der Waals surface area contributed by atoms with Gasteiger partial charge in [-0.1, -0.05) is 30.3 Å². The van der Waals surface area contributed by atoms with Crippen molar-refractivity contribution < 1.29 is 8.78 Å². The largest absolute Gasteiger partial charge is 0.255 e. The Kier molecular flexibility index (Phi) is 3.48. The zero-order valence-electron chi connectivity index (χ0n) is 11.5. The summed E-state index contributed by atoms with van der Waals surface area (Å²) in [6, 6.07) is 14.7. The normalized spacial score (nSPS) is 10.6. The van der Waals surface area contributed by atoms with Crippen molar-refractivity contribution in [2.45, 2.75) is 6.92 Å². The molecular formula is C18H13F2N. The van der Waals surface area contributed by atoms with Crippen LogP contribution < -0.4 is 0 Å². The number of nitrogens with zero attached hydrogens (tertiary/aromatic N) is 1. The van der Waals surface area contributed by atoms with E-state index >= 15 is 0 Å². The highest BCUT2D eigenvalue weighted by Gasteiger charge is 2.16. The molecule has 0 saturated carbocycles. The molecule has 1 nitrogen and oxygen atoms in total. The molecule has 1 aromatic heterocycles. The molecular weight excluding hydrogens is 268 g/mol. The van der Waals surface area contributed by atoms with Gasteiger partial charge >= 0.3 is 0 Å². The third-order valence-electron chi connectivity index (χ3n) is 3.43. The predicted molar refractivity (Wildman–Crippen MR) is 79.8 cm³/mol. The quantitative estimate of drug-likeness (QED) is 0.644. The minimum absolute atomic E-state index is 0.341.